The van der Waals surface area contributed by atoms with E-state index in [1.54, 1.807) is 14.2 Å². The van der Waals surface area contributed by atoms with E-state index in [2.05, 4.69) is 11.4 Å². The molecule has 1 atom stereocenters. The van der Waals surface area contributed by atoms with Gasteiger partial charge in [0.1, 0.15) is 6.04 Å². The zero-order chi connectivity index (χ0) is 13.0. The van der Waals surface area contributed by atoms with Gasteiger partial charge in [-0.05, 0) is 31.4 Å². The summed E-state index contributed by atoms with van der Waals surface area (Å²) in [5.74, 6) is 1.34. The van der Waals surface area contributed by atoms with E-state index in [0.717, 1.165) is 5.75 Å². The van der Waals surface area contributed by atoms with Gasteiger partial charge in [-0.3, -0.25) is 0 Å². The minimum absolute atomic E-state index is 0.491. The highest BCUT2D eigenvalue weighted by atomic mass is 35.5. The van der Waals surface area contributed by atoms with Crippen LogP contribution in [-0.2, 0) is 0 Å². The first-order valence-corrected chi connectivity index (χ1v) is 6.88. The molecule has 0 amide bonds. The third-order valence-electron chi connectivity index (χ3n) is 3.55. The second kappa shape index (κ2) is 6.30. The van der Waals surface area contributed by atoms with Crippen LogP contribution in [0, 0.1) is 0 Å². The first kappa shape index (κ1) is 13.5. The summed E-state index contributed by atoms with van der Waals surface area (Å²) in [6.07, 6.45) is 5.12. The van der Waals surface area contributed by atoms with Crippen molar-refractivity contribution in [3.05, 3.63) is 22.7 Å². The number of methoxy groups -OCH3 is 2. The Morgan fingerprint density at radius 3 is 2.72 bits per heavy atom. The van der Waals surface area contributed by atoms with Crippen molar-refractivity contribution >= 4 is 11.6 Å². The summed E-state index contributed by atoms with van der Waals surface area (Å²) in [6, 6.07) is 4.55. The lowest BCUT2D eigenvalue weighted by molar-refractivity contribution is -0.694. The van der Waals surface area contributed by atoms with Crippen LogP contribution in [0.3, 0.4) is 0 Å². The van der Waals surface area contributed by atoms with Crippen LogP contribution in [0.4, 0.5) is 0 Å². The van der Waals surface area contributed by atoms with Gasteiger partial charge < -0.3 is 14.8 Å². The predicted molar refractivity (Wildman–Crippen MR) is 72.6 cm³/mol. The molecule has 1 aliphatic heterocycles. The molecule has 1 heterocycles. The van der Waals surface area contributed by atoms with E-state index in [-0.39, 0.29) is 0 Å². The molecular weight excluding hydrogens is 250 g/mol. The Bertz CT molecular complexity index is 401. The third kappa shape index (κ3) is 2.90. The average molecular weight is 271 g/mol. The smallest absolute Gasteiger partial charge is 0.179 e. The Kier molecular flexibility index (Phi) is 4.72. The van der Waals surface area contributed by atoms with Gasteiger partial charge in [-0.1, -0.05) is 11.6 Å². The van der Waals surface area contributed by atoms with Crippen LogP contribution in [0.5, 0.6) is 11.5 Å². The zero-order valence-corrected chi connectivity index (χ0v) is 11.8. The van der Waals surface area contributed by atoms with Crippen molar-refractivity contribution in [2.24, 2.45) is 0 Å². The Morgan fingerprint density at radius 1 is 1.17 bits per heavy atom. The van der Waals surface area contributed by atoms with Crippen LogP contribution in [0.15, 0.2) is 12.1 Å². The van der Waals surface area contributed by atoms with Gasteiger partial charge in [0.15, 0.2) is 11.5 Å². The number of rotatable bonds is 3. The van der Waals surface area contributed by atoms with Gasteiger partial charge in [-0.25, -0.2) is 0 Å². The molecule has 4 heteroatoms. The molecule has 0 aromatic heterocycles. The molecule has 1 saturated heterocycles. The molecule has 100 valence electrons. The Hall–Kier alpha value is -0.930. The minimum Gasteiger partial charge on any atom is -0.493 e. The summed E-state index contributed by atoms with van der Waals surface area (Å²) < 4.78 is 10.6. The summed E-state index contributed by atoms with van der Waals surface area (Å²) in [6.45, 7) is 1.19. The van der Waals surface area contributed by atoms with Crippen LogP contribution in [0.25, 0.3) is 0 Å². The van der Waals surface area contributed by atoms with E-state index in [4.69, 9.17) is 21.1 Å². The molecule has 1 aromatic rings. The average Bonchev–Trinajstić information content (AvgIpc) is 2.66. The normalized spacial score (nSPS) is 20.3. The van der Waals surface area contributed by atoms with Gasteiger partial charge in [0.25, 0.3) is 0 Å². The topological polar surface area (TPSA) is 35.1 Å². The van der Waals surface area contributed by atoms with Crippen LogP contribution < -0.4 is 14.8 Å². The van der Waals surface area contributed by atoms with Gasteiger partial charge in [0.05, 0.1) is 25.8 Å². The van der Waals surface area contributed by atoms with E-state index in [0.29, 0.717) is 16.8 Å². The molecular formula is C14H21ClNO2+. The molecule has 18 heavy (non-hydrogen) atoms. The maximum absolute atomic E-state index is 6.25. The second-order valence-corrected chi connectivity index (χ2v) is 5.13. The SMILES string of the molecule is COc1cc([C@@H]2CCCCC[NH2+]2)cc(Cl)c1OC. The zero-order valence-electron chi connectivity index (χ0n) is 11.0. The van der Waals surface area contributed by atoms with Crippen molar-refractivity contribution in [1.82, 2.24) is 0 Å². The van der Waals surface area contributed by atoms with Crippen molar-refractivity contribution in [2.45, 2.75) is 31.7 Å². The summed E-state index contributed by atoms with van der Waals surface area (Å²) in [7, 11) is 3.26. The van der Waals surface area contributed by atoms with Crippen molar-refractivity contribution in [3.8, 4) is 11.5 Å². The summed E-state index contributed by atoms with van der Waals surface area (Å²) >= 11 is 6.25. The predicted octanol–water partition coefficient (Wildman–Crippen LogP) is 2.54. The summed E-state index contributed by atoms with van der Waals surface area (Å²) in [4.78, 5) is 0. The lowest BCUT2D eigenvalue weighted by atomic mass is 10.0. The van der Waals surface area contributed by atoms with Gasteiger partial charge in [0.2, 0.25) is 0 Å². The van der Waals surface area contributed by atoms with Crippen LogP contribution in [-0.4, -0.2) is 20.8 Å². The minimum atomic E-state index is 0.491. The Labute approximate surface area is 113 Å². The highest BCUT2D eigenvalue weighted by Crippen LogP contribution is 2.37. The maximum atomic E-state index is 6.25. The molecule has 0 unspecified atom stereocenters. The summed E-state index contributed by atoms with van der Waals surface area (Å²) in [5.41, 5.74) is 1.24. The molecule has 1 aromatic carbocycles. The van der Waals surface area contributed by atoms with E-state index >= 15 is 0 Å². The molecule has 0 spiro atoms. The first-order chi connectivity index (χ1) is 8.76. The molecule has 0 radical (unpaired) electrons. The molecule has 3 nitrogen and oxygen atoms in total. The number of halogens is 1. The number of quaternary nitrogens is 1. The fourth-order valence-electron chi connectivity index (χ4n) is 2.58. The quantitative estimate of drug-likeness (QED) is 0.916. The highest BCUT2D eigenvalue weighted by molar-refractivity contribution is 6.32. The third-order valence-corrected chi connectivity index (χ3v) is 3.84. The van der Waals surface area contributed by atoms with Gasteiger partial charge in [0, 0.05) is 12.0 Å². The van der Waals surface area contributed by atoms with E-state index in [1.807, 2.05) is 6.07 Å². The number of ether oxygens (including phenoxy) is 2. The molecule has 0 bridgehead atoms. The lowest BCUT2D eigenvalue weighted by Gasteiger charge is -2.16. The number of hydrogen-bond donors (Lipinski definition) is 1. The van der Waals surface area contributed by atoms with Crippen molar-refractivity contribution in [2.75, 3.05) is 20.8 Å². The van der Waals surface area contributed by atoms with Gasteiger partial charge >= 0.3 is 0 Å². The maximum Gasteiger partial charge on any atom is 0.179 e. The van der Waals surface area contributed by atoms with E-state index in [1.165, 1.54) is 37.8 Å². The number of benzene rings is 1. The number of nitrogens with two attached hydrogens (primary N) is 1. The van der Waals surface area contributed by atoms with Crippen LogP contribution in [0.1, 0.15) is 37.3 Å². The first-order valence-electron chi connectivity index (χ1n) is 6.51. The molecule has 0 aliphatic carbocycles. The molecule has 0 saturated carbocycles. The second-order valence-electron chi connectivity index (χ2n) is 4.72. The van der Waals surface area contributed by atoms with Crippen molar-refractivity contribution < 1.29 is 14.8 Å². The lowest BCUT2D eigenvalue weighted by Crippen LogP contribution is -2.84. The Morgan fingerprint density at radius 2 is 2.00 bits per heavy atom. The largest absolute Gasteiger partial charge is 0.493 e. The summed E-state index contributed by atoms with van der Waals surface area (Å²) in [5, 5.41) is 3.04. The van der Waals surface area contributed by atoms with Crippen LogP contribution >= 0.6 is 11.6 Å². The van der Waals surface area contributed by atoms with Gasteiger partial charge in [-0.15, -0.1) is 0 Å². The molecule has 1 aliphatic rings. The molecule has 2 N–H and O–H groups in total. The van der Waals surface area contributed by atoms with E-state index in [9.17, 15) is 0 Å². The molecule has 2 rings (SSSR count). The monoisotopic (exact) mass is 270 g/mol. The van der Waals surface area contributed by atoms with Crippen molar-refractivity contribution in [1.29, 1.82) is 0 Å². The van der Waals surface area contributed by atoms with Crippen LogP contribution in [0.2, 0.25) is 5.02 Å². The molecule has 1 fully saturated rings. The standard InChI is InChI=1S/C14H20ClNO2/c1-17-13-9-10(8-11(15)14(13)18-2)12-6-4-3-5-7-16-12/h8-9,12,16H,3-7H2,1-2H3/p+1/t12-/m0/s1. The fourth-order valence-corrected chi connectivity index (χ4v) is 2.87. The van der Waals surface area contributed by atoms with E-state index < -0.39 is 0 Å². The number of hydrogen-bond acceptors (Lipinski definition) is 2. The Balaban J connectivity index is 2.29. The van der Waals surface area contributed by atoms with Gasteiger partial charge in [-0.2, -0.15) is 0 Å². The van der Waals surface area contributed by atoms with Crippen molar-refractivity contribution in [3.63, 3.8) is 0 Å². The fraction of sp³-hybridized carbons (Fsp3) is 0.571. The highest BCUT2D eigenvalue weighted by Gasteiger charge is 2.21.